The molecule has 0 aliphatic rings. The maximum Gasteiger partial charge on any atom is 0.150 e. The van der Waals surface area contributed by atoms with E-state index in [2.05, 4.69) is 0 Å². The predicted molar refractivity (Wildman–Crippen MR) is 65.5 cm³/mol. The van der Waals surface area contributed by atoms with E-state index >= 15 is 0 Å². The van der Waals surface area contributed by atoms with Crippen molar-refractivity contribution in [2.75, 3.05) is 7.11 Å². The van der Waals surface area contributed by atoms with Gasteiger partial charge >= 0.3 is 0 Å². The number of phenolic OH excluding ortho intramolecular Hbond substituents is 1. The third-order valence-electron chi connectivity index (χ3n) is 2.55. The Morgan fingerprint density at radius 3 is 2.59 bits per heavy atom. The lowest BCUT2D eigenvalue weighted by molar-refractivity contribution is 0.112. The van der Waals surface area contributed by atoms with Gasteiger partial charge in [0.1, 0.15) is 17.8 Å². The second-order valence-electron chi connectivity index (χ2n) is 3.59. The normalized spacial score (nSPS) is 9.94. The van der Waals surface area contributed by atoms with Crippen molar-refractivity contribution < 1.29 is 14.6 Å². The van der Waals surface area contributed by atoms with Crippen LogP contribution in [0.2, 0.25) is 0 Å². The lowest BCUT2D eigenvalue weighted by atomic mass is 10.0. The molecule has 86 valence electrons. The van der Waals surface area contributed by atoms with Crippen LogP contribution in [0.4, 0.5) is 0 Å². The SMILES string of the molecule is COc1ccccc1-c1cc(C=O)ccc1O. The van der Waals surface area contributed by atoms with E-state index in [1.54, 1.807) is 19.2 Å². The number of hydrogen-bond donors (Lipinski definition) is 1. The first-order chi connectivity index (χ1) is 8.26. The van der Waals surface area contributed by atoms with E-state index in [0.29, 0.717) is 16.9 Å². The molecule has 0 spiro atoms. The van der Waals surface area contributed by atoms with Crippen LogP contribution >= 0.6 is 0 Å². The zero-order valence-electron chi connectivity index (χ0n) is 9.38. The van der Waals surface area contributed by atoms with Crippen molar-refractivity contribution in [3.8, 4) is 22.6 Å². The summed E-state index contributed by atoms with van der Waals surface area (Å²) >= 11 is 0. The van der Waals surface area contributed by atoms with Crippen LogP contribution in [-0.2, 0) is 0 Å². The summed E-state index contributed by atoms with van der Waals surface area (Å²) in [5.41, 5.74) is 1.87. The quantitative estimate of drug-likeness (QED) is 0.821. The molecule has 3 heteroatoms. The largest absolute Gasteiger partial charge is 0.507 e. The van der Waals surface area contributed by atoms with Crippen LogP contribution in [0.5, 0.6) is 11.5 Å². The standard InChI is InChI=1S/C14H12O3/c1-17-14-5-3-2-4-11(14)12-8-10(9-15)6-7-13(12)16/h2-9,16H,1H3. The van der Waals surface area contributed by atoms with E-state index in [4.69, 9.17) is 4.74 Å². The van der Waals surface area contributed by atoms with Crippen LogP contribution in [0.1, 0.15) is 10.4 Å². The molecule has 0 amide bonds. The Labute approximate surface area is 99.3 Å². The van der Waals surface area contributed by atoms with Crippen LogP contribution in [0, 0.1) is 0 Å². The molecule has 0 aliphatic carbocycles. The molecule has 2 aromatic rings. The molecule has 0 saturated heterocycles. The van der Waals surface area contributed by atoms with Crippen molar-refractivity contribution in [2.45, 2.75) is 0 Å². The van der Waals surface area contributed by atoms with E-state index in [9.17, 15) is 9.90 Å². The van der Waals surface area contributed by atoms with Crippen LogP contribution in [0.25, 0.3) is 11.1 Å². The Morgan fingerprint density at radius 1 is 1.12 bits per heavy atom. The van der Waals surface area contributed by atoms with E-state index in [0.717, 1.165) is 11.8 Å². The molecule has 0 aliphatic heterocycles. The highest BCUT2D eigenvalue weighted by molar-refractivity contribution is 5.83. The van der Waals surface area contributed by atoms with Crippen LogP contribution in [0.15, 0.2) is 42.5 Å². The molecule has 2 rings (SSSR count). The number of methoxy groups -OCH3 is 1. The summed E-state index contributed by atoms with van der Waals surface area (Å²) in [6.07, 6.45) is 0.748. The highest BCUT2D eigenvalue weighted by Gasteiger charge is 2.09. The smallest absolute Gasteiger partial charge is 0.150 e. The van der Waals surface area contributed by atoms with E-state index in [1.807, 2.05) is 24.3 Å². The van der Waals surface area contributed by atoms with Gasteiger partial charge in [0.2, 0.25) is 0 Å². The van der Waals surface area contributed by atoms with Crippen molar-refractivity contribution in [1.82, 2.24) is 0 Å². The van der Waals surface area contributed by atoms with Gasteiger partial charge in [0.05, 0.1) is 7.11 Å². The second-order valence-corrected chi connectivity index (χ2v) is 3.59. The number of hydrogen-bond acceptors (Lipinski definition) is 3. The molecule has 0 fully saturated rings. The Hall–Kier alpha value is -2.29. The number of aldehydes is 1. The fraction of sp³-hybridized carbons (Fsp3) is 0.0714. The molecule has 0 saturated carbocycles. The first kappa shape index (κ1) is 11.2. The third kappa shape index (κ3) is 2.13. The number of carbonyl (C=O) groups excluding carboxylic acids is 1. The van der Waals surface area contributed by atoms with Gasteiger partial charge in [-0.3, -0.25) is 4.79 Å². The van der Waals surface area contributed by atoms with Crippen molar-refractivity contribution in [3.63, 3.8) is 0 Å². The number of carbonyl (C=O) groups is 1. The van der Waals surface area contributed by atoms with E-state index in [1.165, 1.54) is 6.07 Å². The van der Waals surface area contributed by atoms with Gasteiger partial charge in [-0.25, -0.2) is 0 Å². The van der Waals surface area contributed by atoms with Crippen LogP contribution in [-0.4, -0.2) is 18.5 Å². The van der Waals surface area contributed by atoms with Gasteiger partial charge in [-0.1, -0.05) is 18.2 Å². The topological polar surface area (TPSA) is 46.5 Å². The minimum absolute atomic E-state index is 0.125. The Balaban J connectivity index is 2.62. The van der Waals surface area contributed by atoms with E-state index < -0.39 is 0 Å². The van der Waals surface area contributed by atoms with Crippen molar-refractivity contribution in [2.24, 2.45) is 0 Å². The van der Waals surface area contributed by atoms with Gasteiger partial charge in [0, 0.05) is 16.7 Å². The second kappa shape index (κ2) is 4.70. The lowest BCUT2D eigenvalue weighted by Gasteiger charge is -2.10. The minimum atomic E-state index is 0.125. The Kier molecular flexibility index (Phi) is 3.10. The fourth-order valence-corrected chi connectivity index (χ4v) is 1.71. The Morgan fingerprint density at radius 2 is 1.88 bits per heavy atom. The number of para-hydroxylation sites is 1. The molecule has 0 heterocycles. The van der Waals surface area contributed by atoms with Gasteiger partial charge in [-0.15, -0.1) is 0 Å². The van der Waals surface area contributed by atoms with Gasteiger partial charge in [0.25, 0.3) is 0 Å². The minimum Gasteiger partial charge on any atom is -0.507 e. The average molecular weight is 228 g/mol. The number of rotatable bonds is 3. The van der Waals surface area contributed by atoms with Crippen molar-refractivity contribution >= 4 is 6.29 Å². The lowest BCUT2D eigenvalue weighted by Crippen LogP contribution is -1.89. The number of aromatic hydroxyl groups is 1. The summed E-state index contributed by atoms with van der Waals surface area (Å²) < 4.78 is 5.23. The molecule has 17 heavy (non-hydrogen) atoms. The summed E-state index contributed by atoms with van der Waals surface area (Å²) in [7, 11) is 1.57. The molecule has 2 aromatic carbocycles. The molecule has 0 bridgehead atoms. The first-order valence-corrected chi connectivity index (χ1v) is 5.18. The zero-order valence-corrected chi connectivity index (χ0v) is 9.38. The van der Waals surface area contributed by atoms with Gasteiger partial charge in [-0.05, 0) is 24.3 Å². The molecule has 0 atom stereocenters. The van der Waals surface area contributed by atoms with Crippen molar-refractivity contribution in [1.29, 1.82) is 0 Å². The summed E-state index contributed by atoms with van der Waals surface area (Å²) in [5.74, 6) is 0.783. The molecular formula is C14H12O3. The summed E-state index contributed by atoms with van der Waals surface area (Å²) in [5, 5.41) is 9.83. The van der Waals surface area contributed by atoms with Crippen LogP contribution in [0.3, 0.4) is 0 Å². The summed E-state index contributed by atoms with van der Waals surface area (Å²) in [4.78, 5) is 10.7. The van der Waals surface area contributed by atoms with Gasteiger partial charge in [0.15, 0.2) is 0 Å². The molecule has 0 aromatic heterocycles. The van der Waals surface area contributed by atoms with Crippen molar-refractivity contribution in [3.05, 3.63) is 48.0 Å². The van der Waals surface area contributed by atoms with Gasteiger partial charge < -0.3 is 9.84 Å². The highest BCUT2D eigenvalue weighted by Crippen LogP contribution is 2.35. The third-order valence-corrected chi connectivity index (χ3v) is 2.55. The van der Waals surface area contributed by atoms with Crippen LogP contribution < -0.4 is 4.74 Å². The number of ether oxygens (including phenoxy) is 1. The number of benzene rings is 2. The maximum atomic E-state index is 10.7. The molecular weight excluding hydrogens is 216 g/mol. The first-order valence-electron chi connectivity index (χ1n) is 5.18. The Bertz CT molecular complexity index is 547. The molecule has 1 N–H and O–H groups in total. The molecule has 0 unspecified atom stereocenters. The van der Waals surface area contributed by atoms with Gasteiger partial charge in [-0.2, -0.15) is 0 Å². The monoisotopic (exact) mass is 228 g/mol. The molecule has 0 radical (unpaired) electrons. The highest BCUT2D eigenvalue weighted by atomic mass is 16.5. The fourth-order valence-electron chi connectivity index (χ4n) is 1.71. The zero-order chi connectivity index (χ0) is 12.3. The molecule has 3 nitrogen and oxygen atoms in total. The summed E-state index contributed by atoms with van der Waals surface area (Å²) in [6.45, 7) is 0. The number of phenols is 1. The average Bonchev–Trinajstić information content (AvgIpc) is 2.39. The maximum absolute atomic E-state index is 10.7. The summed E-state index contributed by atoms with van der Waals surface area (Å²) in [6, 6.07) is 12.1. The predicted octanol–water partition coefficient (Wildman–Crippen LogP) is 2.88. The van der Waals surface area contributed by atoms with E-state index in [-0.39, 0.29) is 5.75 Å².